The molecule has 0 saturated heterocycles. The summed E-state index contributed by atoms with van der Waals surface area (Å²) in [6, 6.07) is 20.4. The number of aromatic nitrogens is 3. The molecule has 0 bridgehead atoms. The first-order valence-corrected chi connectivity index (χ1v) is 7.94. The van der Waals surface area contributed by atoms with Crippen molar-refractivity contribution in [3.8, 4) is 0 Å². The Labute approximate surface area is 140 Å². The number of hydrogen-bond donors (Lipinski definition) is 0. The molecule has 1 aliphatic heterocycles. The Balaban J connectivity index is 1.78. The van der Waals surface area contributed by atoms with E-state index >= 15 is 0 Å². The van der Waals surface area contributed by atoms with Crippen molar-refractivity contribution >= 4 is 23.1 Å². The van der Waals surface area contributed by atoms with Crippen LogP contribution in [0.1, 0.15) is 24.5 Å². The molecule has 0 N–H and O–H groups in total. The van der Waals surface area contributed by atoms with Gasteiger partial charge in [0.1, 0.15) is 0 Å². The van der Waals surface area contributed by atoms with Crippen molar-refractivity contribution in [1.82, 2.24) is 15.0 Å². The van der Waals surface area contributed by atoms with Gasteiger partial charge in [-0.15, -0.1) is 5.10 Å². The zero-order chi connectivity index (χ0) is 16.4. The summed E-state index contributed by atoms with van der Waals surface area (Å²) < 4.78 is 1.82. The Hall–Kier alpha value is -3.08. The van der Waals surface area contributed by atoms with E-state index in [1.807, 2.05) is 48.0 Å². The van der Waals surface area contributed by atoms with Gasteiger partial charge in [0.05, 0.1) is 12.3 Å². The van der Waals surface area contributed by atoms with E-state index in [9.17, 15) is 0 Å². The first-order valence-electron chi connectivity index (χ1n) is 7.94. The largest absolute Gasteiger partial charge is 0.233 e. The van der Waals surface area contributed by atoms with Gasteiger partial charge in [-0.2, -0.15) is 0 Å². The summed E-state index contributed by atoms with van der Waals surface area (Å²) in [5.41, 5.74) is 4.24. The molecular weight excluding hydrogens is 298 g/mol. The molecule has 0 spiro atoms. The third-order valence-electron chi connectivity index (χ3n) is 3.93. The number of rotatable bonds is 3. The Morgan fingerprint density at radius 2 is 1.62 bits per heavy atom. The lowest BCUT2D eigenvalue weighted by Gasteiger charge is -2.06. The van der Waals surface area contributed by atoms with E-state index in [4.69, 9.17) is 4.99 Å². The minimum atomic E-state index is 0.592. The number of hydrogen-bond acceptors (Lipinski definition) is 4. The summed E-state index contributed by atoms with van der Waals surface area (Å²) in [6.45, 7) is 2.63. The van der Waals surface area contributed by atoms with Crippen molar-refractivity contribution in [3.63, 3.8) is 0 Å². The van der Waals surface area contributed by atoms with Crippen LogP contribution in [0.5, 0.6) is 0 Å². The van der Waals surface area contributed by atoms with Gasteiger partial charge in [-0.1, -0.05) is 65.9 Å². The molecule has 0 saturated carbocycles. The molecule has 2 heterocycles. The summed E-state index contributed by atoms with van der Waals surface area (Å²) in [4.78, 5) is 9.44. The van der Waals surface area contributed by atoms with Crippen molar-refractivity contribution in [2.45, 2.75) is 19.9 Å². The molecule has 5 heteroatoms. The van der Waals surface area contributed by atoms with Crippen LogP contribution in [0.15, 0.2) is 70.6 Å². The van der Waals surface area contributed by atoms with Gasteiger partial charge in [-0.25, -0.2) is 14.7 Å². The van der Waals surface area contributed by atoms with Crippen LogP contribution in [0.25, 0.3) is 0 Å². The molecule has 0 atom stereocenters. The predicted octanol–water partition coefficient (Wildman–Crippen LogP) is 3.94. The molecule has 0 fully saturated rings. The highest BCUT2D eigenvalue weighted by Gasteiger charge is 2.18. The minimum Gasteiger partial charge on any atom is -0.233 e. The second kappa shape index (κ2) is 6.20. The van der Waals surface area contributed by atoms with E-state index in [2.05, 4.69) is 39.6 Å². The molecule has 24 heavy (non-hydrogen) atoms. The van der Waals surface area contributed by atoms with E-state index in [1.165, 1.54) is 0 Å². The van der Waals surface area contributed by atoms with Crippen LogP contribution in [-0.2, 0) is 6.54 Å². The van der Waals surface area contributed by atoms with Crippen molar-refractivity contribution < 1.29 is 0 Å². The van der Waals surface area contributed by atoms with E-state index in [-0.39, 0.29) is 0 Å². The summed E-state index contributed by atoms with van der Waals surface area (Å²) in [7, 11) is 0. The third kappa shape index (κ3) is 2.88. The maximum atomic E-state index is 4.86. The molecule has 1 aromatic heterocycles. The van der Waals surface area contributed by atoms with Gasteiger partial charge in [0.15, 0.2) is 5.82 Å². The summed E-state index contributed by atoms with van der Waals surface area (Å²) in [5, 5.41) is 8.46. The van der Waals surface area contributed by atoms with Crippen LogP contribution in [-0.4, -0.2) is 26.4 Å². The summed E-state index contributed by atoms with van der Waals surface area (Å²) in [6.07, 6.45) is 0.714. The fraction of sp³-hybridized carbons (Fsp3) is 0.158. The predicted molar refractivity (Wildman–Crippen MR) is 95.6 cm³/mol. The van der Waals surface area contributed by atoms with Crippen LogP contribution < -0.4 is 0 Å². The maximum absolute atomic E-state index is 4.86. The van der Waals surface area contributed by atoms with Crippen LogP contribution >= 0.6 is 0 Å². The lowest BCUT2D eigenvalue weighted by atomic mass is 10.1. The van der Waals surface area contributed by atoms with Crippen LogP contribution in [0, 0.1) is 0 Å². The summed E-state index contributed by atoms with van der Waals surface area (Å²) in [5.74, 6) is 1.31. The van der Waals surface area contributed by atoms with Crippen molar-refractivity contribution in [3.05, 3.63) is 71.8 Å². The lowest BCUT2D eigenvalue weighted by Crippen LogP contribution is -2.07. The Morgan fingerprint density at radius 1 is 0.917 bits per heavy atom. The Morgan fingerprint density at radius 3 is 2.38 bits per heavy atom. The number of nitrogens with zero attached hydrogens (tertiary/aromatic N) is 5. The Bertz CT molecular complexity index is 907. The molecule has 5 nitrogen and oxygen atoms in total. The van der Waals surface area contributed by atoms with Crippen LogP contribution in [0.3, 0.4) is 0 Å². The highest BCUT2D eigenvalue weighted by Crippen LogP contribution is 2.30. The molecular formula is C19H17N5. The van der Waals surface area contributed by atoms with Crippen molar-refractivity contribution in [2.24, 2.45) is 9.98 Å². The van der Waals surface area contributed by atoms with E-state index in [0.29, 0.717) is 18.8 Å². The molecule has 1 aliphatic rings. The highest BCUT2D eigenvalue weighted by atomic mass is 15.5. The lowest BCUT2D eigenvalue weighted by molar-refractivity contribution is 0.653. The smallest absolute Gasteiger partial charge is 0.221 e. The average Bonchev–Trinajstić information content (AvgIpc) is 2.88. The highest BCUT2D eigenvalue weighted by molar-refractivity contribution is 6.14. The van der Waals surface area contributed by atoms with Gasteiger partial charge in [0, 0.05) is 12.1 Å². The zero-order valence-corrected chi connectivity index (χ0v) is 13.4. The Kier molecular flexibility index (Phi) is 3.75. The number of aliphatic imine (C=N–C) groups is 2. The first-order chi connectivity index (χ1) is 11.8. The molecule has 3 aromatic rings. The third-order valence-corrected chi connectivity index (χ3v) is 3.93. The summed E-state index contributed by atoms with van der Waals surface area (Å²) >= 11 is 0. The second-order valence-electron chi connectivity index (χ2n) is 5.83. The number of benzene rings is 2. The van der Waals surface area contributed by atoms with E-state index in [1.54, 1.807) is 0 Å². The monoisotopic (exact) mass is 315 g/mol. The SMILES string of the molecule is CC1=Nc2nnn(Cc3ccccc3)c2N=C(c2ccccc2)C1. The van der Waals surface area contributed by atoms with Gasteiger partial charge >= 0.3 is 0 Å². The quantitative estimate of drug-likeness (QED) is 0.735. The van der Waals surface area contributed by atoms with Crippen LogP contribution in [0.2, 0.25) is 0 Å². The van der Waals surface area contributed by atoms with Gasteiger partial charge in [-0.3, -0.25) is 0 Å². The first kappa shape index (κ1) is 14.5. The van der Waals surface area contributed by atoms with Gasteiger partial charge in [-0.05, 0) is 18.1 Å². The fourth-order valence-electron chi connectivity index (χ4n) is 2.77. The molecule has 0 amide bonds. The second-order valence-corrected chi connectivity index (χ2v) is 5.83. The molecule has 2 aromatic carbocycles. The van der Waals surface area contributed by atoms with Gasteiger partial charge in [0.2, 0.25) is 5.82 Å². The van der Waals surface area contributed by atoms with E-state index < -0.39 is 0 Å². The number of fused-ring (bicyclic) bond motifs is 1. The van der Waals surface area contributed by atoms with Gasteiger partial charge in [0.25, 0.3) is 0 Å². The molecule has 0 unspecified atom stereocenters. The molecule has 0 radical (unpaired) electrons. The minimum absolute atomic E-state index is 0.592. The topological polar surface area (TPSA) is 55.4 Å². The van der Waals surface area contributed by atoms with Crippen molar-refractivity contribution in [1.29, 1.82) is 0 Å². The molecule has 118 valence electrons. The van der Waals surface area contributed by atoms with Crippen molar-refractivity contribution in [2.75, 3.05) is 0 Å². The normalized spacial score (nSPS) is 13.7. The zero-order valence-electron chi connectivity index (χ0n) is 13.4. The van der Waals surface area contributed by atoms with Crippen LogP contribution in [0.4, 0.5) is 11.6 Å². The standard InChI is InChI=1S/C19H17N5/c1-14-12-17(16-10-6-3-7-11-16)21-19-18(20-14)22-23-24(19)13-15-8-4-2-5-9-15/h2-11H,12-13H2,1H3. The van der Waals surface area contributed by atoms with E-state index in [0.717, 1.165) is 28.4 Å². The molecule has 0 aliphatic carbocycles. The van der Waals surface area contributed by atoms with Gasteiger partial charge < -0.3 is 0 Å². The average molecular weight is 315 g/mol. The fourth-order valence-corrected chi connectivity index (χ4v) is 2.77. The molecule has 4 rings (SSSR count). The maximum Gasteiger partial charge on any atom is 0.221 e.